The van der Waals surface area contributed by atoms with Gasteiger partial charge < -0.3 is 0 Å². The number of hydrogen-bond donors (Lipinski definition) is 0. The highest BCUT2D eigenvalue weighted by Gasteiger charge is 2.35. The number of aromatic nitrogens is 2. The van der Waals surface area contributed by atoms with Crippen LogP contribution in [-0.4, -0.2) is 9.97 Å². The fourth-order valence-corrected chi connectivity index (χ4v) is 0.868. The summed E-state index contributed by atoms with van der Waals surface area (Å²) in [6, 6.07) is 0. The normalized spacial score (nSPS) is 11.4. The Morgan fingerprint density at radius 1 is 1.46 bits per heavy atom. The van der Waals surface area contributed by atoms with E-state index in [1.54, 1.807) is 0 Å². The number of rotatable bonds is 1. The lowest BCUT2D eigenvalue weighted by atomic mass is 10.3. The van der Waals surface area contributed by atoms with Crippen LogP contribution in [-0.2, 0) is 6.18 Å². The van der Waals surface area contributed by atoms with E-state index in [2.05, 4.69) is 16.5 Å². The van der Waals surface area contributed by atoms with E-state index >= 15 is 0 Å². The van der Waals surface area contributed by atoms with Gasteiger partial charge in [-0.3, -0.25) is 4.98 Å². The molecule has 0 aromatic carbocycles. The van der Waals surface area contributed by atoms with Crippen molar-refractivity contribution in [3.63, 3.8) is 0 Å². The molecule has 0 N–H and O–H groups in total. The summed E-state index contributed by atoms with van der Waals surface area (Å²) in [5.41, 5.74) is -1.44. The fraction of sp³-hybridized carbons (Fsp3) is 0.143. The molecule has 1 heterocycles. The molecule has 1 aromatic rings. The Morgan fingerprint density at radius 2 is 2.08 bits per heavy atom. The SMILES string of the molecule is C=Cc1ncc(Cl)nc1C(F)(F)F. The van der Waals surface area contributed by atoms with Crippen molar-refractivity contribution in [3.05, 3.63) is 29.3 Å². The lowest BCUT2D eigenvalue weighted by Crippen LogP contribution is -2.11. The highest BCUT2D eigenvalue weighted by atomic mass is 35.5. The lowest BCUT2D eigenvalue weighted by molar-refractivity contribution is -0.141. The Labute approximate surface area is 77.1 Å². The average Bonchev–Trinajstić information content (AvgIpc) is 2.03. The predicted molar refractivity (Wildman–Crippen MR) is 42.1 cm³/mol. The molecule has 0 bridgehead atoms. The summed E-state index contributed by atoms with van der Waals surface area (Å²) < 4.78 is 36.6. The second kappa shape index (κ2) is 3.33. The van der Waals surface area contributed by atoms with E-state index in [9.17, 15) is 13.2 Å². The van der Waals surface area contributed by atoms with Gasteiger partial charge in [0.2, 0.25) is 0 Å². The zero-order valence-corrected chi connectivity index (χ0v) is 7.02. The molecule has 0 aliphatic heterocycles. The molecule has 1 rings (SSSR count). The maximum absolute atomic E-state index is 12.2. The molecule has 0 saturated heterocycles. The first-order valence-corrected chi connectivity index (χ1v) is 3.55. The Bertz CT molecular complexity index is 335. The van der Waals surface area contributed by atoms with E-state index in [1.165, 1.54) is 0 Å². The molecule has 13 heavy (non-hydrogen) atoms. The average molecular weight is 209 g/mol. The Hall–Kier alpha value is -1.10. The molecule has 0 amide bonds. The molecular weight excluding hydrogens is 205 g/mol. The molecule has 0 aliphatic carbocycles. The molecule has 0 fully saturated rings. The molecule has 70 valence electrons. The molecule has 6 heteroatoms. The zero-order valence-electron chi connectivity index (χ0n) is 6.27. The Balaban J connectivity index is 3.32. The van der Waals surface area contributed by atoms with E-state index in [0.717, 1.165) is 12.3 Å². The van der Waals surface area contributed by atoms with Crippen LogP contribution in [0, 0.1) is 0 Å². The van der Waals surface area contributed by atoms with Crippen LogP contribution in [0.3, 0.4) is 0 Å². The van der Waals surface area contributed by atoms with Crippen molar-refractivity contribution in [3.8, 4) is 0 Å². The van der Waals surface area contributed by atoms with E-state index < -0.39 is 11.9 Å². The zero-order chi connectivity index (χ0) is 10.1. The summed E-state index contributed by atoms with van der Waals surface area (Å²) in [5, 5.41) is -0.294. The first-order chi connectivity index (χ1) is 5.95. The van der Waals surface area contributed by atoms with Crippen molar-refractivity contribution >= 4 is 17.7 Å². The van der Waals surface area contributed by atoms with Crippen molar-refractivity contribution < 1.29 is 13.2 Å². The monoisotopic (exact) mass is 208 g/mol. The topological polar surface area (TPSA) is 25.8 Å². The van der Waals surface area contributed by atoms with E-state index in [1.807, 2.05) is 0 Å². The summed E-state index contributed by atoms with van der Waals surface area (Å²) in [7, 11) is 0. The molecule has 2 nitrogen and oxygen atoms in total. The van der Waals surface area contributed by atoms with Crippen LogP contribution in [0.2, 0.25) is 5.15 Å². The maximum Gasteiger partial charge on any atom is 0.435 e. The van der Waals surface area contributed by atoms with Gasteiger partial charge in [-0.05, 0) is 6.08 Å². The smallest absolute Gasteiger partial charge is 0.251 e. The van der Waals surface area contributed by atoms with Gasteiger partial charge >= 0.3 is 6.18 Å². The van der Waals surface area contributed by atoms with Crippen molar-refractivity contribution in [2.75, 3.05) is 0 Å². The third-order valence-electron chi connectivity index (χ3n) is 1.23. The van der Waals surface area contributed by atoms with Gasteiger partial charge in [-0.2, -0.15) is 13.2 Å². The van der Waals surface area contributed by atoms with Crippen molar-refractivity contribution in [1.82, 2.24) is 9.97 Å². The number of nitrogens with zero attached hydrogens (tertiary/aromatic N) is 2. The van der Waals surface area contributed by atoms with Crippen LogP contribution in [0.5, 0.6) is 0 Å². The van der Waals surface area contributed by atoms with Gasteiger partial charge in [0.25, 0.3) is 0 Å². The molecule has 0 saturated carbocycles. The third kappa shape index (κ3) is 2.18. The van der Waals surface area contributed by atoms with Gasteiger partial charge in [0.1, 0.15) is 5.15 Å². The summed E-state index contributed by atoms with van der Waals surface area (Å²) >= 11 is 5.27. The molecule has 0 spiro atoms. The van der Waals surface area contributed by atoms with Crippen molar-refractivity contribution in [2.24, 2.45) is 0 Å². The highest BCUT2D eigenvalue weighted by Crippen LogP contribution is 2.30. The van der Waals surface area contributed by atoms with Crippen LogP contribution < -0.4 is 0 Å². The second-order valence-corrected chi connectivity index (χ2v) is 2.52. The van der Waals surface area contributed by atoms with Gasteiger partial charge in [0.05, 0.1) is 11.9 Å². The quantitative estimate of drug-likeness (QED) is 0.709. The highest BCUT2D eigenvalue weighted by molar-refractivity contribution is 6.29. The van der Waals surface area contributed by atoms with E-state index in [4.69, 9.17) is 11.6 Å². The number of halogens is 4. The van der Waals surface area contributed by atoms with Crippen LogP contribution in [0.25, 0.3) is 6.08 Å². The molecule has 0 radical (unpaired) electrons. The van der Waals surface area contributed by atoms with Gasteiger partial charge in [0.15, 0.2) is 5.69 Å². The molecule has 1 aromatic heterocycles. The van der Waals surface area contributed by atoms with Crippen LogP contribution in [0.15, 0.2) is 12.8 Å². The number of alkyl halides is 3. The second-order valence-electron chi connectivity index (χ2n) is 2.13. The first-order valence-electron chi connectivity index (χ1n) is 3.17. The minimum absolute atomic E-state index is 0.294. The van der Waals surface area contributed by atoms with Gasteiger partial charge in [-0.15, -0.1) is 0 Å². The van der Waals surface area contributed by atoms with E-state index in [0.29, 0.717) is 0 Å². The van der Waals surface area contributed by atoms with Gasteiger partial charge in [-0.25, -0.2) is 4.98 Å². The number of hydrogen-bond acceptors (Lipinski definition) is 2. The fourth-order valence-electron chi connectivity index (χ4n) is 0.735. The molecular formula is C7H4ClF3N2. The third-order valence-corrected chi connectivity index (χ3v) is 1.42. The summed E-state index contributed by atoms with van der Waals surface area (Å²) in [4.78, 5) is 6.55. The van der Waals surface area contributed by atoms with Crippen LogP contribution in [0.1, 0.15) is 11.4 Å². The van der Waals surface area contributed by atoms with E-state index in [-0.39, 0.29) is 10.8 Å². The largest absolute Gasteiger partial charge is 0.435 e. The summed E-state index contributed by atoms with van der Waals surface area (Å²) in [6.45, 7) is 3.19. The minimum Gasteiger partial charge on any atom is -0.251 e. The first kappa shape index (κ1) is 9.98. The Kier molecular flexibility index (Phi) is 2.56. The van der Waals surface area contributed by atoms with Gasteiger partial charge in [-0.1, -0.05) is 18.2 Å². The maximum atomic E-state index is 12.2. The lowest BCUT2D eigenvalue weighted by Gasteiger charge is -2.07. The molecule has 0 unspecified atom stereocenters. The van der Waals surface area contributed by atoms with Crippen LogP contribution >= 0.6 is 11.6 Å². The minimum atomic E-state index is -4.55. The van der Waals surface area contributed by atoms with Crippen LogP contribution in [0.4, 0.5) is 13.2 Å². The Morgan fingerprint density at radius 3 is 2.54 bits per heavy atom. The molecule has 0 aliphatic rings. The standard InChI is InChI=1S/C7H4ClF3N2/c1-2-4-6(7(9,10)11)13-5(8)3-12-4/h2-3H,1H2. The van der Waals surface area contributed by atoms with Crippen molar-refractivity contribution in [2.45, 2.75) is 6.18 Å². The van der Waals surface area contributed by atoms with Crippen molar-refractivity contribution in [1.29, 1.82) is 0 Å². The van der Waals surface area contributed by atoms with Gasteiger partial charge in [0, 0.05) is 0 Å². The summed E-state index contributed by atoms with van der Waals surface area (Å²) in [6.07, 6.45) is -2.54. The predicted octanol–water partition coefficient (Wildman–Crippen LogP) is 2.79. The molecule has 0 atom stereocenters. The summed E-state index contributed by atoms with van der Waals surface area (Å²) in [5.74, 6) is 0.